The van der Waals surface area contributed by atoms with Crippen molar-refractivity contribution in [2.75, 3.05) is 11.4 Å². The average Bonchev–Trinajstić information content (AvgIpc) is 3.42. The molecule has 3 aliphatic carbocycles. The van der Waals surface area contributed by atoms with Crippen molar-refractivity contribution < 1.29 is 9.59 Å². The number of carbonyl (C=O) groups is 2. The van der Waals surface area contributed by atoms with Crippen LogP contribution in [0.5, 0.6) is 0 Å². The third kappa shape index (κ3) is 3.11. The Morgan fingerprint density at radius 2 is 1.85 bits per heavy atom. The molecule has 27 heavy (non-hydrogen) atoms. The van der Waals surface area contributed by atoms with Crippen LogP contribution in [0.15, 0.2) is 24.3 Å². The molecule has 144 valence electrons. The Hall–Kier alpha value is -2.04. The first-order chi connectivity index (χ1) is 13.2. The van der Waals surface area contributed by atoms with Gasteiger partial charge in [0.25, 0.3) is 0 Å². The van der Waals surface area contributed by atoms with Crippen LogP contribution in [0, 0.1) is 23.7 Å². The van der Waals surface area contributed by atoms with E-state index in [1.807, 2.05) is 29.2 Å². The second-order valence-electron chi connectivity index (χ2n) is 8.90. The van der Waals surface area contributed by atoms with Crippen LogP contribution in [0.4, 0.5) is 10.5 Å². The van der Waals surface area contributed by atoms with E-state index in [9.17, 15) is 9.59 Å². The molecule has 4 aliphatic rings. The minimum Gasteiger partial charge on any atom is -0.335 e. The molecule has 2 N–H and O–H groups in total. The van der Waals surface area contributed by atoms with E-state index in [1.165, 1.54) is 32.1 Å². The fraction of sp³-hybridized carbons (Fsp3) is 0.636. The van der Waals surface area contributed by atoms with Gasteiger partial charge in [-0.3, -0.25) is 4.79 Å². The van der Waals surface area contributed by atoms with E-state index in [0.717, 1.165) is 42.0 Å². The highest BCUT2D eigenvalue weighted by atomic mass is 16.2. The molecule has 0 unspecified atom stereocenters. The molecule has 1 saturated heterocycles. The summed E-state index contributed by atoms with van der Waals surface area (Å²) < 4.78 is 0. The maximum Gasteiger partial charge on any atom is 0.315 e. The maximum absolute atomic E-state index is 12.4. The smallest absolute Gasteiger partial charge is 0.315 e. The second kappa shape index (κ2) is 6.84. The molecule has 2 bridgehead atoms. The number of nitrogens with zero attached hydrogens (tertiary/aromatic N) is 1. The zero-order valence-corrected chi connectivity index (χ0v) is 15.8. The summed E-state index contributed by atoms with van der Waals surface area (Å²) >= 11 is 0. The zero-order valence-electron chi connectivity index (χ0n) is 15.8. The number of nitrogens with one attached hydrogen (secondary N) is 2. The normalized spacial score (nSPS) is 34.1. The molecule has 5 atom stereocenters. The number of rotatable bonds is 4. The Balaban J connectivity index is 1.12. The van der Waals surface area contributed by atoms with Crippen molar-refractivity contribution >= 4 is 17.6 Å². The summed E-state index contributed by atoms with van der Waals surface area (Å²) in [5.74, 6) is 3.60. The first-order valence-electron chi connectivity index (χ1n) is 10.6. The summed E-state index contributed by atoms with van der Waals surface area (Å²) in [5, 5.41) is 6.26. The van der Waals surface area contributed by atoms with Gasteiger partial charge in [-0.1, -0.05) is 18.6 Å². The van der Waals surface area contributed by atoms with E-state index < -0.39 is 0 Å². The summed E-state index contributed by atoms with van der Waals surface area (Å²) in [6.45, 7) is 1.33. The van der Waals surface area contributed by atoms with Gasteiger partial charge in [-0.2, -0.15) is 0 Å². The lowest BCUT2D eigenvalue weighted by molar-refractivity contribution is -0.117. The summed E-state index contributed by atoms with van der Waals surface area (Å²) in [7, 11) is 0. The van der Waals surface area contributed by atoms with Crippen LogP contribution in [0.25, 0.3) is 0 Å². The van der Waals surface area contributed by atoms with Gasteiger partial charge >= 0.3 is 6.03 Å². The average molecular weight is 367 g/mol. The minimum atomic E-state index is -0.0408. The molecule has 1 heterocycles. The number of fused-ring (bicyclic) bond motifs is 5. The Bertz CT molecular complexity index is 732. The summed E-state index contributed by atoms with van der Waals surface area (Å²) in [6, 6.07) is 8.30. The molecule has 3 amide bonds. The van der Waals surface area contributed by atoms with E-state index >= 15 is 0 Å². The van der Waals surface area contributed by atoms with Crippen LogP contribution in [0.1, 0.15) is 50.5 Å². The predicted octanol–water partition coefficient (Wildman–Crippen LogP) is 3.44. The van der Waals surface area contributed by atoms with Crippen LogP contribution >= 0.6 is 0 Å². The zero-order chi connectivity index (χ0) is 18.4. The van der Waals surface area contributed by atoms with Crippen LogP contribution in [-0.4, -0.2) is 24.5 Å². The van der Waals surface area contributed by atoms with Crippen molar-refractivity contribution in [1.82, 2.24) is 10.6 Å². The van der Waals surface area contributed by atoms with Crippen LogP contribution in [0.3, 0.4) is 0 Å². The monoisotopic (exact) mass is 367 g/mol. The third-order valence-electron chi connectivity index (χ3n) is 7.52. The number of urea groups is 1. The lowest BCUT2D eigenvalue weighted by Crippen LogP contribution is -2.46. The molecule has 1 aromatic carbocycles. The van der Waals surface area contributed by atoms with Crippen LogP contribution < -0.4 is 15.5 Å². The highest BCUT2D eigenvalue weighted by Gasteiger charge is 2.54. The van der Waals surface area contributed by atoms with Crippen molar-refractivity contribution in [2.45, 2.75) is 57.5 Å². The first kappa shape index (κ1) is 17.1. The molecule has 0 spiro atoms. The molecule has 5 rings (SSSR count). The maximum atomic E-state index is 12.4. The number of carbonyl (C=O) groups excluding carboxylic acids is 2. The Morgan fingerprint density at radius 1 is 1.04 bits per heavy atom. The van der Waals surface area contributed by atoms with E-state index in [4.69, 9.17) is 0 Å². The highest BCUT2D eigenvalue weighted by Crippen LogP contribution is 2.58. The standard InChI is InChI=1S/C22H29N3O2/c26-21-5-2-10-25(21)16-8-6-14(7-9-16)13-23-22(27)24-20-12-15-11-19(20)18-4-1-3-17(15)18/h6-9,15,17-20H,1-5,10-13H2,(H2,23,24,27)/t15-,17-,18-,19+,20-/m1/s1. The molecule has 1 aromatic rings. The predicted molar refractivity (Wildman–Crippen MR) is 104 cm³/mol. The van der Waals surface area contributed by atoms with Gasteiger partial charge < -0.3 is 15.5 Å². The largest absolute Gasteiger partial charge is 0.335 e. The van der Waals surface area contributed by atoms with Crippen molar-refractivity contribution in [3.8, 4) is 0 Å². The SMILES string of the molecule is O=C(NCc1ccc(N2CCCC2=O)cc1)N[C@@H]1C[C@H]2C[C@H]1[C@@H]1CCC[C@H]21. The van der Waals surface area contributed by atoms with Crippen molar-refractivity contribution in [1.29, 1.82) is 0 Å². The number of benzene rings is 1. The summed E-state index contributed by atoms with van der Waals surface area (Å²) in [4.78, 5) is 26.1. The van der Waals surface area contributed by atoms with Gasteiger partial charge in [0.1, 0.15) is 0 Å². The van der Waals surface area contributed by atoms with Crippen molar-refractivity contribution in [3.63, 3.8) is 0 Å². The van der Waals surface area contributed by atoms with E-state index in [0.29, 0.717) is 24.9 Å². The fourth-order valence-corrected chi connectivity index (χ4v) is 6.35. The summed E-state index contributed by atoms with van der Waals surface area (Å²) in [6.07, 6.45) is 8.28. The molecule has 3 saturated carbocycles. The number of hydrogen-bond donors (Lipinski definition) is 2. The van der Waals surface area contributed by atoms with Crippen LogP contribution in [0.2, 0.25) is 0 Å². The van der Waals surface area contributed by atoms with Gasteiger partial charge in [0, 0.05) is 31.2 Å². The molecular formula is C22H29N3O2. The molecule has 1 aliphatic heterocycles. The molecule has 0 radical (unpaired) electrons. The number of anilines is 1. The highest BCUT2D eigenvalue weighted by molar-refractivity contribution is 5.95. The van der Waals surface area contributed by atoms with Gasteiger partial charge in [-0.05, 0) is 73.5 Å². The van der Waals surface area contributed by atoms with Gasteiger partial charge in [-0.25, -0.2) is 4.79 Å². The van der Waals surface area contributed by atoms with Gasteiger partial charge in [0.05, 0.1) is 0 Å². The first-order valence-corrected chi connectivity index (χ1v) is 10.6. The topological polar surface area (TPSA) is 61.4 Å². The molecule has 0 aromatic heterocycles. The third-order valence-corrected chi connectivity index (χ3v) is 7.52. The van der Waals surface area contributed by atoms with E-state index in [-0.39, 0.29) is 11.9 Å². The quantitative estimate of drug-likeness (QED) is 0.856. The molecule has 4 fully saturated rings. The fourth-order valence-electron chi connectivity index (χ4n) is 6.35. The van der Waals surface area contributed by atoms with Crippen molar-refractivity contribution in [3.05, 3.63) is 29.8 Å². The van der Waals surface area contributed by atoms with Crippen molar-refractivity contribution in [2.24, 2.45) is 23.7 Å². The Kier molecular flexibility index (Phi) is 4.33. The second-order valence-corrected chi connectivity index (χ2v) is 8.90. The van der Waals surface area contributed by atoms with E-state index in [2.05, 4.69) is 10.6 Å². The number of hydrogen-bond acceptors (Lipinski definition) is 2. The molecular weight excluding hydrogens is 338 g/mol. The summed E-state index contributed by atoms with van der Waals surface area (Å²) in [5.41, 5.74) is 2.02. The Morgan fingerprint density at radius 3 is 2.63 bits per heavy atom. The lowest BCUT2D eigenvalue weighted by atomic mass is 9.79. The Labute approximate surface area is 160 Å². The van der Waals surface area contributed by atoms with Gasteiger partial charge in [0.2, 0.25) is 5.91 Å². The minimum absolute atomic E-state index is 0.0408. The molecule has 5 heteroatoms. The van der Waals surface area contributed by atoms with Crippen LogP contribution in [-0.2, 0) is 11.3 Å². The van der Waals surface area contributed by atoms with E-state index in [1.54, 1.807) is 0 Å². The lowest BCUT2D eigenvalue weighted by Gasteiger charge is -2.32. The van der Waals surface area contributed by atoms with Gasteiger partial charge in [0.15, 0.2) is 0 Å². The molecule has 5 nitrogen and oxygen atoms in total. The number of amides is 3. The van der Waals surface area contributed by atoms with Gasteiger partial charge in [-0.15, -0.1) is 0 Å².